The minimum Gasteiger partial charge on any atom is -0.378 e. The van der Waals surface area contributed by atoms with Gasteiger partial charge in [0.1, 0.15) is 0 Å². The monoisotopic (exact) mass is 169 g/mol. The Morgan fingerprint density at radius 1 is 1.33 bits per heavy atom. The number of allylic oxidation sites excluding steroid dienone is 2. The molecule has 66 valence electrons. The van der Waals surface area contributed by atoms with E-state index in [1.165, 1.54) is 26.0 Å². The fourth-order valence-corrected chi connectivity index (χ4v) is 1.07. The molecule has 0 bridgehead atoms. The molecule has 0 aromatic rings. The zero-order valence-electron chi connectivity index (χ0n) is 7.02. The first-order chi connectivity index (χ1) is 5.40. The molecule has 2 atom stereocenters. The number of rotatable bonds is 1. The zero-order chi connectivity index (χ0) is 9.41. The Morgan fingerprint density at radius 3 is 2.17 bits per heavy atom. The maximum Gasteiger partial charge on any atom is 0.269 e. The average molecular weight is 169 g/mol. The van der Waals surface area contributed by atoms with E-state index < -0.39 is 16.1 Å². The summed E-state index contributed by atoms with van der Waals surface area (Å²) in [6, 6.07) is 0. The number of nitrogens with zero attached hydrogens (tertiary/aromatic N) is 1. The van der Waals surface area contributed by atoms with Gasteiger partial charge in [-0.2, -0.15) is 0 Å². The molecule has 4 heteroatoms. The van der Waals surface area contributed by atoms with Crippen molar-refractivity contribution in [2.75, 3.05) is 0 Å². The molecule has 0 aromatic heterocycles. The Kier molecular flexibility index (Phi) is 1.80. The van der Waals surface area contributed by atoms with Gasteiger partial charge >= 0.3 is 0 Å². The maximum atomic E-state index is 10.7. The third kappa shape index (κ3) is 1.04. The Bertz CT molecular complexity index is 267. The summed E-state index contributed by atoms with van der Waals surface area (Å²) < 4.78 is 0. The molecule has 0 aromatic carbocycles. The first kappa shape index (κ1) is 8.93. The largest absolute Gasteiger partial charge is 0.378 e. The van der Waals surface area contributed by atoms with Crippen LogP contribution in [0.3, 0.4) is 0 Å². The lowest BCUT2D eigenvalue weighted by molar-refractivity contribution is -0.570. The van der Waals surface area contributed by atoms with Crippen LogP contribution in [0.4, 0.5) is 0 Å². The molecule has 0 amide bonds. The van der Waals surface area contributed by atoms with Crippen molar-refractivity contribution in [3.05, 3.63) is 34.4 Å². The van der Waals surface area contributed by atoms with Crippen molar-refractivity contribution in [2.24, 2.45) is 0 Å². The van der Waals surface area contributed by atoms with Gasteiger partial charge in [-0.15, -0.1) is 0 Å². The van der Waals surface area contributed by atoms with Crippen molar-refractivity contribution in [3.8, 4) is 0 Å². The summed E-state index contributed by atoms with van der Waals surface area (Å²) in [6.07, 6.45) is 5.99. The highest BCUT2D eigenvalue weighted by Crippen LogP contribution is 2.30. The van der Waals surface area contributed by atoms with Gasteiger partial charge in [-0.05, 0) is 19.1 Å². The van der Waals surface area contributed by atoms with E-state index in [1.807, 2.05) is 0 Å². The lowest BCUT2D eigenvalue weighted by Gasteiger charge is -2.32. The van der Waals surface area contributed by atoms with Crippen LogP contribution in [0, 0.1) is 10.1 Å². The summed E-state index contributed by atoms with van der Waals surface area (Å²) in [4.78, 5) is 10.2. The third-order valence-corrected chi connectivity index (χ3v) is 2.36. The van der Waals surface area contributed by atoms with E-state index in [4.69, 9.17) is 0 Å². The van der Waals surface area contributed by atoms with Gasteiger partial charge in [-0.25, -0.2) is 0 Å². The van der Waals surface area contributed by atoms with Gasteiger partial charge in [0.05, 0.1) is 0 Å². The fourth-order valence-electron chi connectivity index (χ4n) is 1.07. The van der Waals surface area contributed by atoms with Crippen LogP contribution in [-0.4, -0.2) is 21.2 Å². The van der Waals surface area contributed by atoms with Gasteiger partial charge in [0.25, 0.3) is 5.54 Å². The summed E-state index contributed by atoms with van der Waals surface area (Å²) in [5.41, 5.74) is -2.83. The van der Waals surface area contributed by atoms with E-state index in [0.29, 0.717) is 0 Å². The highest BCUT2D eigenvalue weighted by atomic mass is 16.6. The normalized spacial score (nSPS) is 39.9. The molecule has 2 unspecified atom stereocenters. The van der Waals surface area contributed by atoms with E-state index >= 15 is 0 Å². The Labute approximate surface area is 70.4 Å². The number of hydrogen-bond donors (Lipinski definition) is 1. The van der Waals surface area contributed by atoms with E-state index in [0.717, 1.165) is 0 Å². The fraction of sp³-hybridized carbons (Fsp3) is 0.500. The molecular formula is C8H11NO3. The number of nitro groups is 1. The van der Waals surface area contributed by atoms with E-state index in [2.05, 4.69) is 0 Å². The summed E-state index contributed by atoms with van der Waals surface area (Å²) in [7, 11) is 0. The summed E-state index contributed by atoms with van der Waals surface area (Å²) >= 11 is 0. The molecule has 1 aliphatic carbocycles. The van der Waals surface area contributed by atoms with E-state index in [1.54, 1.807) is 12.2 Å². The molecule has 1 aliphatic rings. The predicted octanol–water partition coefficient (Wildman–Crippen LogP) is 0.899. The lowest BCUT2D eigenvalue weighted by Crippen LogP contribution is -2.53. The second kappa shape index (κ2) is 2.42. The molecule has 0 fully saturated rings. The van der Waals surface area contributed by atoms with Crippen molar-refractivity contribution in [3.63, 3.8) is 0 Å². The first-order valence-electron chi connectivity index (χ1n) is 3.64. The minimum atomic E-state index is -1.41. The van der Waals surface area contributed by atoms with Crippen LogP contribution in [0.15, 0.2) is 24.3 Å². The highest BCUT2D eigenvalue weighted by Gasteiger charge is 2.51. The van der Waals surface area contributed by atoms with Crippen molar-refractivity contribution in [1.29, 1.82) is 0 Å². The topological polar surface area (TPSA) is 63.4 Å². The van der Waals surface area contributed by atoms with Crippen molar-refractivity contribution in [2.45, 2.75) is 25.0 Å². The van der Waals surface area contributed by atoms with Crippen LogP contribution in [0.2, 0.25) is 0 Å². The van der Waals surface area contributed by atoms with Gasteiger partial charge in [-0.1, -0.05) is 12.2 Å². The van der Waals surface area contributed by atoms with E-state index in [9.17, 15) is 15.2 Å². The first-order valence-corrected chi connectivity index (χ1v) is 3.64. The third-order valence-electron chi connectivity index (χ3n) is 2.36. The molecule has 0 radical (unpaired) electrons. The van der Waals surface area contributed by atoms with Crippen molar-refractivity contribution in [1.82, 2.24) is 0 Å². The highest BCUT2D eigenvalue weighted by molar-refractivity contribution is 5.26. The SMILES string of the molecule is CC1(O)C=CC=CC1(C)[N+](=O)[O-]. The van der Waals surface area contributed by atoms with Gasteiger partial charge < -0.3 is 5.11 Å². The molecule has 0 spiro atoms. The van der Waals surface area contributed by atoms with Gasteiger partial charge in [-0.3, -0.25) is 10.1 Å². The van der Waals surface area contributed by atoms with Crippen molar-refractivity contribution >= 4 is 0 Å². The lowest BCUT2D eigenvalue weighted by atomic mass is 9.80. The minimum absolute atomic E-state index is 0.479. The molecule has 0 heterocycles. The molecule has 1 N–H and O–H groups in total. The van der Waals surface area contributed by atoms with Gasteiger partial charge in [0, 0.05) is 11.8 Å². The van der Waals surface area contributed by atoms with Crippen LogP contribution in [0.1, 0.15) is 13.8 Å². The molecular weight excluding hydrogens is 158 g/mol. The Hall–Kier alpha value is -1.16. The second-order valence-corrected chi connectivity index (χ2v) is 3.27. The molecule has 0 saturated heterocycles. The second-order valence-electron chi connectivity index (χ2n) is 3.27. The van der Waals surface area contributed by atoms with Crippen molar-refractivity contribution < 1.29 is 10.0 Å². The van der Waals surface area contributed by atoms with Crippen LogP contribution in [0.5, 0.6) is 0 Å². The standard InChI is InChI=1S/C8H11NO3/c1-7(9(11)12)5-3-4-6-8(7,2)10/h3-6,10H,1-2H3. The number of hydrogen-bond acceptors (Lipinski definition) is 3. The molecule has 4 nitrogen and oxygen atoms in total. The van der Waals surface area contributed by atoms with Gasteiger partial charge in [0.2, 0.25) is 0 Å². The average Bonchev–Trinajstić information content (AvgIpc) is 1.95. The Morgan fingerprint density at radius 2 is 1.83 bits per heavy atom. The number of aliphatic hydroxyl groups is 1. The molecule has 0 saturated carbocycles. The van der Waals surface area contributed by atoms with Crippen LogP contribution in [0.25, 0.3) is 0 Å². The summed E-state index contributed by atoms with van der Waals surface area (Å²) in [5.74, 6) is 0. The van der Waals surface area contributed by atoms with Gasteiger partial charge in [0.15, 0.2) is 5.60 Å². The maximum absolute atomic E-state index is 10.7. The summed E-state index contributed by atoms with van der Waals surface area (Å²) in [6.45, 7) is 2.82. The summed E-state index contributed by atoms with van der Waals surface area (Å²) in [5, 5.41) is 20.3. The van der Waals surface area contributed by atoms with Crippen LogP contribution >= 0.6 is 0 Å². The van der Waals surface area contributed by atoms with Crippen LogP contribution in [-0.2, 0) is 0 Å². The van der Waals surface area contributed by atoms with E-state index in [-0.39, 0.29) is 0 Å². The quantitative estimate of drug-likeness (QED) is 0.468. The molecule has 0 aliphatic heterocycles. The smallest absolute Gasteiger partial charge is 0.269 e. The Balaban J connectivity index is 3.13. The molecule has 1 rings (SSSR count). The predicted molar refractivity (Wildman–Crippen MR) is 44.3 cm³/mol. The zero-order valence-corrected chi connectivity index (χ0v) is 7.02. The molecule has 12 heavy (non-hydrogen) atoms. The van der Waals surface area contributed by atoms with Crippen LogP contribution < -0.4 is 0 Å².